The van der Waals surface area contributed by atoms with E-state index in [-0.39, 0.29) is 12.3 Å². The summed E-state index contributed by atoms with van der Waals surface area (Å²) < 4.78 is 24.8. The maximum absolute atomic E-state index is 11.2. The molecule has 1 aromatic heterocycles. The van der Waals surface area contributed by atoms with Crippen molar-refractivity contribution in [3.05, 3.63) is 5.82 Å². The summed E-state index contributed by atoms with van der Waals surface area (Å²) in [5.41, 5.74) is 0. The third-order valence-corrected chi connectivity index (χ3v) is 3.06. The highest BCUT2D eigenvalue weighted by atomic mass is 35.5. The standard InChI is InChI=1S/C5H10ClN5O2S/c6-2-1-3-14(12,13)7-4-5-8-10-11-9-5/h7H,1-4H2,(H,8,9,10,11). The fourth-order valence-corrected chi connectivity index (χ4v) is 2.06. The van der Waals surface area contributed by atoms with Crippen molar-refractivity contribution in [3.8, 4) is 0 Å². The number of alkyl halides is 1. The van der Waals surface area contributed by atoms with Gasteiger partial charge in [0.25, 0.3) is 0 Å². The Labute approximate surface area is 86.3 Å². The van der Waals surface area contributed by atoms with Gasteiger partial charge in [-0.2, -0.15) is 5.21 Å². The van der Waals surface area contributed by atoms with Gasteiger partial charge in [-0.1, -0.05) is 5.21 Å². The van der Waals surface area contributed by atoms with E-state index in [0.29, 0.717) is 18.1 Å². The van der Waals surface area contributed by atoms with E-state index in [0.717, 1.165) is 0 Å². The molecule has 80 valence electrons. The normalized spacial score (nSPS) is 11.8. The SMILES string of the molecule is O=S(=O)(CCCCl)NCc1nn[nH]n1. The molecule has 0 atom stereocenters. The topological polar surface area (TPSA) is 101 Å². The van der Waals surface area contributed by atoms with Crippen LogP contribution >= 0.6 is 11.6 Å². The van der Waals surface area contributed by atoms with Crippen molar-refractivity contribution in [2.75, 3.05) is 11.6 Å². The molecule has 9 heteroatoms. The van der Waals surface area contributed by atoms with Crippen molar-refractivity contribution in [2.45, 2.75) is 13.0 Å². The zero-order chi connectivity index (χ0) is 10.4. The first-order chi connectivity index (χ1) is 6.64. The Morgan fingerprint density at radius 2 is 2.29 bits per heavy atom. The number of sulfonamides is 1. The van der Waals surface area contributed by atoms with Crippen molar-refractivity contribution in [1.82, 2.24) is 25.3 Å². The predicted octanol–water partition coefficient (Wildman–Crippen LogP) is -0.752. The third kappa shape index (κ3) is 3.99. The first-order valence-electron chi connectivity index (χ1n) is 3.89. The summed E-state index contributed by atoms with van der Waals surface area (Å²) in [7, 11) is -3.28. The molecule has 0 radical (unpaired) electrons. The first kappa shape index (κ1) is 11.3. The lowest BCUT2D eigenvalue weighted by molar-refractivity contribution is 0.578. The van der Waals surface area contributed by atoms with Gasteiger partial charge in [0.1, 0.15) is 0 Å². The number of aromatic nitrogens is 4. The van der Waals surface area contributed by atoms with Gasteiger partial charge in [-0.05, 0) is 6.42 Å². The fourth-order valence-electron chi connectivity index (χ4n) is 0.749. The van der Waals surface area contributed by atoms with Crippen LogP contribution in [-0.4, -0.2) is 40.7 Å². The first-order valence-corrected chi connectivity index (χ1v) is 6.08. The van der Waals surface area contributed by atoms with Crippen molar-refractivity contribution in [3.63, 3.8) is 0 Å². The highest BCUT2D eigenvalue weighted by molar-refractivity contribution is 7.89. The van der Waals surface area contributed by atoms with Crippen LogP contribution in [0, 0.1) is 0 Å². The lowest BCUT2D eigenvalue weighted by Crippen LogP contribution is -2.26. The Kier molecular flexibility index (Phi) is 4.23. The summed E-state index contributed by atoms with van der Waals surface area (Å²) in [4.78, 5) is 0. The number of H-pyrrole nitrogens is 1. The number of rotatable bonds is 6. The minimum absolute atomic E-state index is 0.00829. The second-order valence-corrected chi connectivity index (χ2v) is 4.81. The Bertz CT molecular complexity index is 350. The number of aromatic amines is 1. The molecule has 0 amide bonds. The van der Waals surface area contributed by atoms with Crippen LogP contribution in [0.1, 0.15) is 12.2 Å². The van der Waals surface area contributed by atoms with Crippen molar-refractivity contribution < 1.29 is 8.42 Å². The monoisotopic (exact) mass is 239 g/mol. The smallest absolute Gasteiger partial charge is 0.212 e. The zero-order valence-electron chi connectivity index (χ0n) is 7.27. The molecule has 0 fully saturated rings. The maximum Gasteiger partial charge on any atom is 0.212 e. The van der Waals surface area contributed by atoms with Gasteiger partial charge in [-0.3, -0.25) is 0 Å². The number of hydrogen-bond acceptors (Lipinski definition) is 5. The number of hydrogen-bond donors (Lipinski definition) is 2. The second-order valence-electron chi connectivity index (χ2n) is 2.51. The number of tetrazole rings is 1. The van der Waals surface area contributed by atoms with Gasteiger partial charge in [0, 0.05) is 5.88 Å². The molecule has 0 unspecified atom stereocenters. The van der Waals surface area contributed by atoms with E-state index >= 15 is 0 Å². The fraction of sp³-hybridized carbons (Fsp3) is 0.800. The zero-order valence-corrected chi connectivity index (χ0v) is 8.85. The van der Waals surface area contributed by atoms with E-state index in [1.54, 1.807) is 0 Å². The van der Waals surface area contributed by atoms with Gasteiger partial charge >= 0.3 is 0 Å². The van der Waals surface area contributed by atoms with E-state index in [1.807, 2.05) is 0 Å². The van der Waals surface area contributed by atoms with Crippen LogP contribution in [0.25, 0.3) is 0 Å². The highest BCUT2D eigenvalue weighted by Gasteiger charge is 2.10. The van der Waals surface area contributed by atoms with Crippen LogP contribution in [0.4, 0.5) is 0 Å². The number of nitrogens with zero attached hydrogens (tertiary/aromatic N) is 3. The lowest BCUT2D eigenvalue weighted by atomic mass is 10.6. The molecule has 0 aliphatic rings. The molecule has 0 spiro atoms. The molecule has 2 N–H and O–H groups in total. The van der Waals surface area contributed by atoms with Gasteiger partial charge in [0.15, 0.2) is 5.82 Å². The van der Waals surface area contributed by atoms with E-state index in [1.165, 1.54) is 0 Å². The highest BCUT2D eigenvalue weighted by Crippen LogP contribution is 1.93. The van der Waals surface area contributed by atoms with E-state index < -0.39 is 10.0 Å². The van der Waals surface area contributed by atoms with Gasteiger partial charge in [0.05, 0.1) is 12.3 Å². The lowest BCUT2D eigenvalue weighted by Gasteiger charge is -2.02. The van der Waals surface area contributed by atoms with E-state index in [4.69, 9.17) is 11.6 Å². The van der Waals surface area contributed by atoms with E-state index in [9.17, 15) is 8.42 Å². The van der Waals surface area contributed by atoms with Crippen molar-refractivity contribution in [1.29, 1.82) is 0 Å². The van der Waals surface area contributed by atoms with Crippen LogP contribution in [-0.2, 0) is 16.6 Å². The number of nitrogens with one attached hydrogen (secondary N) is 2. The van der Waals surface area contributed by atoms with E-state index in [2.05, 4.69) is 25.3 Å². The number of halogens is 1. The van der Waals surface area contributed by atoms with Gasteiger partial charge in [-0.15, -0.1) is 21.8 Å². The molecule has 0 saturated carbocycles. The summed E-state index contributed by atoms with van der Waals surface area (Å²) in [5, 5.41) is 12.7. The summed E-state index contributed by atoms with van der Waals surface area (Å²) in [6.07, 6.45) is 0.420. The summed E-state index contributed by atoms with van der Waals surface area (Å²) in [6, 6.07) is 0. The molecule has 14 heavy (non-hydrogen) atoms. The average molecular weight is 240 g/mol. The molecular formula is C5H10ClN5O2S. The van der Waals surface area contributed by atoms with Gasteiger partial charge in [0.2, 0.25) is 10.0 Å². The Morgan fingerprint density at radius 3 is 2.86 bits per heavy atom. The molecule has 0 saturated heterocycles. The Balaban J connectivity index is 2.37. The molecule has 0 bridgehead atoms. The largest absolute Gasteiger partial charge is 0.212 e. The molecule has 1 heterocycles. The predicted molar refractivity (Wildman–Crippen MR) is 50.1 cm³/mol. The molecule has 1 rings (SSSR count). The second kappa shape index (κ2) is 5.23. The van der Waals surface area contributed by atoms with Crippen molar-refractivity contribution in [2.24, 2.45) is 0 Å². The summed E-state index contributed by atoms with van der Waals surface area (Å²) in [5.74, 6) is 0.636. The van der Waals surface area contributed by atoms with Crippen LogP contribution < -0.4 is 4.72 Å². The minimum atomic E-state index is -3.28. The minimum Gasteiger partial charge on any atom is -0.212 e. The van der Waals surface area contributed by atoms with Crippen molar-refractivity contribution >= 4 is 21.6 Å². The Hall–Kier alpha value is -0.730. The molecule has 7 nitrogen and oxygen atoms in total. The molecule has 0 aliphatic heterocycles. The summed E-state index contributed by atoms with van der Waals surface area (Å²) >= 11 is 5.38. The molecule has 1 aromatic rings. The van der Waals surface area contributed by atoms with Gasteiger partial charge in [-0.25, -0.2) is 13.1 Å². The van der Waals surface area contributed by atoms with Crippen LogP contribution in [0.5, 0.6) is 0 Å². The van der Waals surface area contributed by atoms with Crippen LogP contribution in [0.2, 0.25) is 0 Å². The molecule has 0 aromatic carbocycles. The van der Waals surface area contributed by atoms with Crippen LogP contribution in [0.3, 0.4) is 0 Å². The average Bonchev–Trinajstić information content (AvgIpc) is 2.64. The summed E-state index contributed by atoms with van der Waals surface area (Å²) in [6.45, 7) is 0.0428. The molecule has 0 aliphatic carbocycles. The third-order valence-electron chi connectivity index (χ3n) is 1.39. The quantitative estimate of drug-likeness (QED) is 0.636. The molecular weight excluding hydrogens is 230 g/mol. The van der Waals surface area contributed by atoms with Crippen LogP contribution in [0.15, 0.2) is 0 Å². The Morgan fingerprint density at radius 1 is 1.50 bits per heavy atom. The maximum atomic E-state index is 11.2. The van der Waals surface area contributed by atoms with Gasteiger partial charge < -0.3 is 0 Å².